The van der Waals surface area contributed by atoms with Gasteiger partial charge in [0, 0.05) is 24.5 Å². The summed E-state index contributed by atoms with van der Waals surface area (Å²) in [5.41, 5.74) is 3.40. The first-order chi connectivity index (χ1) is 13.7. The highest BCUT2D eigenvalue weighted by atomic mass is 16.5. The van der Waals surface area contributed by atoms with Gasteiger partial charge in [-0.3, -0.25) is 4.90 Å². The van der Waals surface area contributed by atoms with Gasteiger partial charge in [0.15, 0.2) is 0 Å². The first-order valence-electron chi connectivity index (χ1n) is 9.82. The molecule has 1 aliphatic heterocycles. The minimum Gasteiger partial charge on any atom is -0.506 e. The fourth-order valence-corrected chi connectivity index (χ4v) is 3.71. The van der Waals surface area contributed by atoms with Gasteiger partial charge in [-0.15, -0.1) is 0 Å². The molecule has 0 bridgehead atoms. The number of hydrogen-bond acceptors (Lipinski definition) is 5. The SMILES string of the molecule is COc1ccc2c(c1)CCN(CCCCOc1ccc3cccc(O)c3n1)C2. The van der Waals surface area contributed by atoms with Crippen molar-refractivity contribution in [3.8, 4) is 17.4 Å². The van der Waals surface area contributed by atoms with Crippen LogP contribution in [0.1, 0.15) is 24.0 Å². The van der Waals surface area contributed by atoms with Gasteiger partial charge in [-0.1, -0.05) is 18.2 Å². The van der Waals surface area contributed by atoms with Crippen LogP contribution in [0.25, 0.3) is 10.9 Å². The van der Waals surface area contributed by atoms with Gasteiger partial charge in [-0.25, -0.2) is 4.98 Å². The molecular formula is C23H26N2O3. The molecule has 5 heteroatoms. The lowest BCUT2D eigenvalue weighted by molar-refractivity contribution is 0.233. The van der Waals surface area contributed by atoms with E-state index in [0.717, 1.165) is 50.0 Å². The average molecular weight is 378 g/mol. The maximum Gasteiger partial charge on any atom is 0.213 e. The van der Waals surface area contributed by atoms with Crippen molar-refractivity contribution in [2.75, 3.05) is 26.8 Å². The van der Waals surface area contributed by atoms with Crippen LogP contribution in [0.4, 0.5) is 0 Å². The maximum atomic E-state index is 9.92. The van der Waals surface area contributed by atoms with Gasteiger partial charge in [0.1, 0.15) is 17.0 Å². The Kier molecular flexibility index (Phi) is 5.63. The van der Waals surface area contributed by atoms with Crippen molar-refractivity contribution in [3.63, 3.8) is 0 Å². The normalized spacial score (nSPS) is 14.0. The van der Waals surface area contributed by atoms with Crippen molar-refractivity contribution in [1.29, 1.82) is 0 Å². The number of hydrogen-bond donors (Lipinski definition) is 1. The number of aromatic nitrogens is 1. The van der Waals surface area contributed by atoms with E-state index in [1.54, 1.807) is 13.2 Å². The van der Waals surface area contributed by atoms with E-state index < -0.39 is 0 Å². The summed E-state index contributed by atoms with van der Waals surface area (Å²) in [6, 6.07) is 15.6. The van der Waals surface area contributed by atoms with Crippen LogP contribution in [-0.4, -0.2) is 41.8 Å². The molecule has 0 spiro atoms. The van der Waals surface area contributed by atoms with E-state index >= 15 is 0 Å². The predicted octanol–water partition coefficient (Wildman–Crippen LogP) is 4.17. The number of phenolic OH excluding ortho intramolecular Hbond substituents is 1. The van der Waals surface area contributed by atoms with Gasteiger partial charge in [0.2, 0.25) is 5.88 Å². The number of methoxy groups -OCH3 is 1. The fraction of sp³-hybridized carbons (Fsp3) is 0.348. The first-order valence-corrected chi connectivity index (χ1v) is 9.82. The molecule has 0 amide bonds. The van der Waals surface area contributed by atoms with Crippen molar-refractivity contribution >= 4 is 10.9 Å². The van der Waals surface area contributed by atoms with Crippen molar-refractivity contribution < 1.29 is 14.6 Å². The molecule has 1 aliphatic rings. The average Bonchev–Trinajstić information content (AvgIpc) is 2.73. The van der Waals surface area contributed by atoms with E-state index in [1.807, 2.05) is 30.3 Å². The highest BCUT2D eigenvalue weighted by Gasteiger charge is 2.16. The summed E-state index contributed by atoms with van der Waals surface area (Å²) in [4.78, 5) is 6.91. The number of aromatic hydroxyl groups is 1. The van der Waals surface area contributed by atoms with Gasteiger partial charge >= 0.3 is 0 Å². The van der Waals surface area contributed by atoms with Crippen LogP contribution in [0.3, 0.4) is 0 Å². The van der Waals surface area contributed by atoms with E-state index in [0.29, 0.717) is 18.0 Å². The predicted molar refractivity (Wildman–Crippen MR) is 110 cm³/mol. The molecule has 28 heavy (non-hydrogen) atoms. The standard InChI is InChI=1S/C23H26N2O3/c1-27-20-9-7-19-16-25(13-11-18(19)15-20)12-2-3-14-28-22-10-8-17-5-4-6-21(26)23(17)24-22/h4-10,15,26H,2-3,11-14,16H2,1H3. The molecule has 5 nitrogen and oxygen atoms in total. The number of ether oxygens (including phenoxy) is 2. The smallest absolute Gasteiger partial charge is 0.213 e. The van der Waals surface area contributed by atoms with Crippen LogP contribution in [0.2, 0.25) is 0 Å². The van der Waals surface area contributed by atoms with E-state index in [9.17, 15) is 5.11 Å². The van der Waals surface area contributed by atoms with Crippen molar-refractivity contribution in [3.05, 3.63) is 59.7 Å². The Bertz CT molecular complexity index is 958. The third-order valence-corrected chi connectivity index (χ3v) is 5.30. The Morgan fingerprint density at radius 2 is 2.00 bits per heavy atom. The number of benzene rings is 2. The Balaban J connectivity index is 1.22. The molecule has 0 radical (unpaired) electrons. The van der Waals surface area contributed by atoms with Crippen molar-refractivity contribution in [2.45, 2.75) is 25.8 Å². The summed E-state index contributed by atoms with van der Waals surface area (Å²) in [6.45, 7) is 3.80. The number of pyridine rings is 1. The zero-order valence-electron chi connectivity index (χ0n) is 16.2. The second-order valence-corrected chi connectivity index (χ2v) is 7.21. The van der Waals surface area contributed by atoms with Gasteiger partial charge in [0.05, 0.1) is 13.7 Å². The number of fused-ring (bicyclic) bond motifs is 2. The summed E-state index contributed by atoms with van der Waals surface area (Å²) in [6.07, 6.45) is 3.14. The zero-order chi connectivity index (χ0) is 19.3. The lowest BCUT2D eigenvalue weighted by Crippen LogP contribution is -2.31. The van der Waals surface area contributed by atoms with Crippen LogP contribution in [0, 0.1) is 0 Å². The molecular weight excluding hydrogens is 352 g/mol. The third kappa shape index (κ3) is 4.20. The Labute approximate surface area is 165 Å². The second-order valence-electron chi connectivity index (χ2n) is 7.21. The van der Waals surface area contributed by atoms with Crippen LogP contribution >= 0.6 is 0 Å². The van der Waals surface area contributed by atoms with E-state index in [4.69, 9.17) is 9.47 Å². The number of rotatable bonds is 7. The molecule has 2 heterocycles. The minimum atomic E-state index is 0.186. The number of nitrogens with zero attached hydrogens (tertiary/aromatic N) is 2. The minimum absolute atomic E-state index is 0.186. The largest absolute Gasteiger partial charge is 0.506 e. The molecule has 1 N–H and O–H groups in total. The second kappa shape index (κ2) is 8.48. The molecule has 3 aromatic rings. The monoisotopic (exact) mass is 378 g/mol. The summed E-state index contributed by atoms with van der Waals surface area (Å²) >= 11 is 0. The molecule has 4 rings (SSSR count). The molecule has 1 aromatic heterocycles. The molecule has 0 atom stereocenters. The third-order valence-electron chi connectivity index (χ3n) is 5.30. The van der Waals surface area contributed by atoms with Gasteiger partial charge in [-0.05, 0) is 61.2 Å². The van der Waals surface area contributed by atoms with Gasteiger partial charge in [0.25, 0.3) is 0 Å². The summed E-state index contributed by atoms with van der Waals surface area (Å²) in [5.74, 6) is 1.70. The maximum absolute atomic E-state index is 9.92. The lowest BCUT2D eigenvalue weighted by Gasteiger charge is -2.29. The van der Waals surface area contributed by atoms with E-state index in [2.05, 4.69) is 22.0 Å². The Morgan fingerprint density at radius 3 is 2.89 bits per heavy atom. The van der Waals surface area contributed by atoms with Crippen LogP contribution in [-0.2, 0) is 13.0 Å². The van der Waals surface area contributed by atoms with Crippen LogP contribution in [0.5, 0.6) is 17.4 Å². The molecule has 0 aliphatic carbocycles. The van der Waals surface area contributed by atoms with Gasteiger partial charge in [-0.2, -0.15) is 0 Å². The highest BCUT2D eigenvalue weighted by molar-refractivity contribution is 5.84. The molecule has 0 fully saturated rings. The first kappa shape index (κ1) is 18.6. The summed E-state index contributed by atoms with van der Waals surface area (Å²) < 4.78 is 11.1. The fourth-order valence-electron chi connectivity index (χ4n) is 3.71. The molecule has 146 valence electrons. The van der Waals surface area contributed by atoms with E-state index in [-0.39, 0.29) is 5.75 Å². The van der Waals surface area contributed by atoms with Crippen molar-refractivity contribution in [1.82, 2.24) is 9.88 Å². The topological polar surface area (TPSA) is 54.8 Å². The molecule has 0 saturated heterocycles. The van der Waals surface area contributed by atoms with Crippen molar-refractivity contribution in [2.24, 2.45) is 0 Å². The summed E-state index contributed by atoms with van der Waals surface area (Å²) in [7, 11) is 1.72. The molecule has 0 saturated carbocycles. The van der Waals surface area contributed by atoms with Crippen LogP contribution in [0.15, 0.2) is 48.5 Å². The molecule has 2 aromatic carbocycles. The quantitative estimate of drug-likeness (QED) is 0.626. The number of para-hydroxylation sites is 1. The zero-order valence-corrected chi connectivity index (χ0v) is 16.2. The van der Waals surface area contributed by atoms with Gasteiger partial charge < -0.3 is 14.6 Å². The number of phenols is 1. The van der Waals surface area contributed by atoms with Crippen LogP contribution < -0.4 is 9.47 Å². The Morgan fingerprint density at radius 1 is 1.07 bits per heavy atom. The van der Waals surface area contributed by atoms with E-state index in [1.165, 1.54) is 11.1 Å². The highest BCUT2D eigenvalue weighted by Crippen LogP contribution is 2.25. The Hall–Kier alpha value is -2.79. The summed E-state index contributed by atoms with van der Waals surface area (Å²) in [5, 5.41) is 10.8. The number of unbranched alkanes of at least 4 members (excludes halogenated alkanes) is 1. The molecule has 0 unspecified atom stereocenters. The lowest BCUT2D eigenvalue weighted by atomic mass is 9.99.